The number of aliphatic imine (C=N–C) groups is 4. The first-order valence-electron chi connectivity index (χ1n) is 50.6. The number of carbonyl (C=O) groups is 3. The number of para-hydroxylation sites is 14. The average molecular weight is 1950 g/mol. The summed E-state index contributed by atoms with van der Waals surface area (Å²) in [7, 11) is 0. The lowest BCUT2D eigenvalue weighted by molar-refractivity contribution is -0.0706. The van der Waals surface area contributed by atoms with Crippen molar-refractivity contribution in [1.82, 2.24) is 29.7 Å². The largest absolute Gasteiger partial charge is 0.454 e. The van der Waals surface area contributed by atoms with Crippen LogP contribution in [0.3, 0.4) is 0 Å². The van der Waals surface area contributed by atoms with E-state index < -0.39 is 17.3 Å². The predicted octanol–water partition coefficient (Wildman–Crippen LogP) is 26.2. The zero-order valence-corrected chi connectivity index (χ0v) is 81.2. The second-order valence-electron chi connectivity index (χ2n) is 39.3. The number of amidine groups is 4. The van der Waals surface area contributed by atoms with Gasteiger partial charge in [-0.3, -0.25) is 15.4 Å². The Kier molecular flexibility index (Phi) is 23.8. The van der Waals surface area contributed by atoms with Gasteiger partial charge in [0.2, 0.25) is 0 Å². The Hall–Kier alpha value is -16.2. The highest BCUT2D eigenvalue weighted by molar-refractivity contribution is 6.31. The summed E-state index contributed by atoms with van der Waals surface area (Å²) in [6, 6.07) is 111. The average Bonchev–Trinajstić information content (AvgIpc) is 1.26. The van der Waals surface area contributed by atoms with Crippen molar-refractivity contribution in [2.45, 2.75) is 118 Å². The first-order valence-corrected chi connectivity index (χ1v) is 51.0. The van der Waals surface area contributed by atoms with Gasteiger partial charge in [-0.2, -0.15) is 0 Å². The molecule has 24 nitrogen and oxygen atoms in total. The van der Waals surface area contributed by atoms with Crippen LogP contribution >= 0.6 is 11.6 Å². The van der Waals surface area contributed by atoms with Crippen molar-refractivity contribution in [2.24, 2.45) is 20.0 Å². The number of ether oxygens (including phenoxy) is 8. The van der Waals surface area contributed by atoms with Gasteiger partial charge in [-0.05, 0) is 218 Å². The molecule has 0 radical (unpaired) electrons. The molecule has 1 aromatic heterocycles. The highest BCUT2D eigenvalue weighted by Crippen LogP contribution is 2.54. The Morgan fingerprint density at radius 1 is 0.308 bits per heavy atom. The number of aromatic nitrogens is 1. The van der Waals surface area contributed by atoms with Crippen molar-refractivity contribution in [3.8, 4) is 46.0 Å². The SMILES string of the molecule is O=C(c1noc2ccccc12)N1CCC2(CCc3ccccc32)CC1.O=C1Nc2ccccc2C2(CCN(C3=Nc4ccccc4Oc4ccc(Cl)cc43)CC2)O1.O=C1Nc2ccccc2C2(CCN(C3=Nc4ccccc4Oc4ccccc43)CC2)O1.c1ccc2c(c1)COC21CCN(C2=Nc3ccccc3Oc3ccccc32)CC1.c1ccc2c(c1)COC21CCN(C2=Nc3ccccc3Oc3ccccc32)CC1. The monoisotopic (exact) mass is 1950 g/mol. The number of hydrogen-bond donors (Lipinski definition) is 2. The molecule has 5 saturated heterocycles. The fourth-order valence-electron chi connectivity index (χ4n) is 23.6. The topological polar surface area (TPSA) is 241 Å². The van der Waals surface area contributed by atoms with Crippen LogP contribution in [0.5, 0.6) is 46.0 Å². The van der Waals surface area contributed by atoms with E-state index in [1.165, 1.54) is 39.8 Å². The number of nitrogens with one attached hydrogen (secondary N) is 2. The van der Waals surface area contributed by atoms with Crippen LogP contribution in [0.25, 0.3) is 11.0 Å². The Balaban J connectivity index is 0.0000000954. The van der Waals surface area contributed by atoms with Crippen molar-refractivity contribution in [3.63, 3.8) is 0 Å². The Morgan fingerprint density at radius 3 is 1.08 bits per heavy atom. The Bertz CT molecular complexity index is 7570. The highest BCUT2D eigenvalue weighted by atomic mass is 35.5. The molecule has 5 fully saturated rings. The number of carbonyl (C=O) groups excluding carboxylic acids is 3. The maximum absolute atomic E-state index is 12.9. The third-order valence-electron chi connectivity index (χ3n) is 31.3. The molecule has 3 amide bonds. The van der Waals surface area contributed by atoms with Crippen LogP contribution in [-0.4, -0.2) is 137 Å². The molecule has 14 aliphatic rings. The quantitative estimate of drug-likeness (QED) is 0.155. The molecule has 1 aliphatic carbocycles. The van der Waals surface area contributed by atoms with Gasteiger partial charge >= 0.3 is 12.2 Å². The number of likely N-dealkylation sites (tertiary alicyclic amines) is 5. The summed E-state index contributed by atoms with van der Waals surface area (Å²) >= 11 is 6.34. The standard InChI is InChI=1S/C25H20ClN3O3.C25H21N3O3.2C25H22N2O2.C21H20N2O2/c26-16-9-10-21-17(15-16)23(27-20-7-3-4-8-22(20)31-21)29-13-11-25(12-14-29)18-5-1-2-6-19(18)28-24(30)32-25;29-24-27-19-9-3-2-8-18(19)25(31-24)13-15-28(16-14-25)23-17-7-1-5-11-21(17)30-22-12-6-4-10-20(22)26-23;2*1-3-9-20-18(7-1)17-28-25(20)13-15-27(16-14-25)24-19-8-2-5-11-22(19)29-23-12-6-4-10-21(23)26-24;24-20(19-16-6-2-4-8-18(16)25-22-19)23-13-11-21(12-14-23)10-9-15-5-1-3-7-17(15)21/h1-10,15H,11-14H2,(H,28,30);1-12H,13-16H2,(H,27,29);2*1-12H,13-17H2;1-8H,9-14H2. The molecule has 146 heavy (non-hydrogen) atoms. The number of hydrogen-bond acceptors (Lipinski definition) is 21. The molecule has 5 spiro atoms. The Morgan fingerprint density at radius 2 is 0.644 bits per heavy atom. The maximum atomic E-state index is 12.9. The lowest BCUT2D eigenvalue weighted by Crippen LogP contribution is -2.49. The lowest BCUT2D eigenvalue weighted by atomic mass is 9.74. The number of rotatable bonds is 1. The number of benzene rings is 14. The van der Waals surface area contributed by atoms with Gasteiger partial charge in [0.1, 0.15) is 80.3 Å². The van der Waals surface area contributed by atoms with Crippen molar-refractivity contribution < 1.29 is 56.8 Å². The van der Waals surface area contributed by atoms with Crippen LogP contribution in [0.15, 0.2) is 358 Å². The van der Waals surface area contributed by atoms with Gasteiger partial charge in [0, 0.05) is 107 Å². The third kappa shape index (κ3) is 17.1. The van der Waals surface area contributed by atoms with Crippen molar-refractivity contribution in [3.05, 3.63) is 411 Å². The van der Waals surface area contributed by atoms with E-state index in [4.69, 9.17) is 74.0 Å². The van der Waals surface area contributed by atoms with E-state index >= 15 is 0 Å². The van der Waals surface area contributed by atoms with Gasteiger partial charge in [-0.1, -0.05) is 223 Å². The minimum Gasteiger partial charge on any atom is -0.454 e. The summed E-state index contributed by atoms with van der Waals surface area (Å²) in [6.45, 7) is 9.43. The molecule has 13 aliphatic heterocycles. The van der Waals surface area contributed by atoms with E-state index in [-0.39, 0.29) is 28.6 Å². The van der Waals surface area contributed by atoms with Crippen LogP contribution in [0.1, 0.15) is 148 Å². The number of halogens is 1. The van der Waals surface area contributed by atoms with Crippen LogP contribution in [0, 0.1) is 0 Å². The van der Waals surface area contributed by atoms with Crippen molar-refractivity contribution in [1.29, 1.82) is 0 Å². The van der Waals surface area contributed by atoms with Crippen molar-refractivity contribution >= 4 is 98.1 Å². The van der Waals surface area contributed by atoms with Gasteiger partial charge < -0.3 is 66.9 Å². The zero-order valence-electron chi connectivity index (χ0n) is 80.5. The molecule has 0 unspecified atom stereocenters. The fraction of sp³-hybridized carbons (Fsp3) is 0.240. The molecule has 14 heterocycles. The molecule has 29 rings (SSSR count). The highest BCUT2D eigenvalue weighted by Gasteiger charge is 2.51. The number of piperidine rings is 5. The number of amides is 3. The molecule has 14 aromatic carbocycles. The predicted molar refractivity (Wildman–Crippen MR) is 563 cm³/mol. The third-order valence-corrected chi connectivity index (χ3v) is 31.5. The number of aryl methyl sites for hydroxylation is 1. The van der Waals surface area contributed by atoms with Crippen LogP contribution in [0.4, 0.5) is 43.7 Å². The minimum atomic E-state index is -0.633. The first-order chi connectivity index (χ1) is 71.7. The minimum absolute atomic E-state index is 0.00826. The summed E-state index contributed by atoms with van der Waals surface area (Å²) in [4.78, 5) is 68.7. The van der Waals surface area contributed by atoms with Crippen LogP contribution in [0.2, 0.25) is 5.02 Å². The van der Waals surface area contributed by atoms with Gasteiger partial charge in [-0.25, -0.2) is 29.6 Å². The molecule has 728 valence electrons. The summed E-state index contributed by atoms with van der Waals surface area (Å²) < 4.78 is 54.5. The summed E-state index contributed by atoms with van der Waals surface area (Å²) in [5, 5.41) is 11.1. The lowest BCUT2D eigenvalue weighted by Gasteiger charge is -2.45. The summed E-state index contributed by atoms with van der Waals surface area (Å²) in [5.41, 5.74) is 19.3. The van der Waals surface area contributed by atoms with Crippen LogP contribution in [-0.2, 0) is 66.4 Å². The molecule has 0 bridgehead atoms. The second kappa shape index (κ2) is 38.2. The number of anilines is 2. The molecule has 2 N–H and O–H groups in total. The molecular weight excluding hydrogens is 1850 g/mol. The van der Waals surface area contributed by atoms with Gasteiger partial charge in [0.05, 0.1) is 63.4 Å². The number of fused-ring (bicyclic) bond motifs is 19. The smallest absolute Gasteiger partial charge is 0.412 e. The maximum Gasteiger partial charge on any atom is 0.412 e. The summed E-state index contributed by atoms with van der Waals surface area (Å²) in [5.74, 6) is 9.98. The molecule has 15 aromatic rings. The summed E-state index contributed by atoms with van der Waals surface area (Å²) in [6.07, 6.45) is 10.2. The Labute approximate surface area is 850 Å². The van der Waals surface area contributed by atoms with Crippen LogP contribution < -0.4 is 29.6 Å². The van der Waals surface area contributed by atoms with E-state index in [0.29, 0.717) is 60.8 Å². The molecular formula is C121H105ClN12O12. The van der Waals surface area contributed by atoms with Gasteiger partial charge in [-0.15, -0.1) is 0 Å². The zero-order chi connectivity index (χ0) is 97.9. The molecule has 0 saturated carbocycles. The van der Waals surface area contributed by atoms with E-state index in [9.17, 15) is 14.4 Å². The van der Waals surface area contributed by atoms with Crippen molar-refractivity contribution in [2.75, 3.05) is 76.1 Å². The van der Waals surface area contributed by atoms with Gasteiger partial charge in [0.25, 0.3) is 5.91 Å². The molecule has 25 heteroatoms. The van der Waals surface area contributed by atoms with E-state index in [1.54, 1.807) is 0 Å². The second-order valence-corrected chi connectivity index (χ2v) is 39.8. The fourth-order valence-corrected chi connectivity index (χ4v) is 23.8. The van der Waals surface area contributed by atoms with E-state index in [1.807, 2.05) is 241 Å². The molecule has 0 atom stereocenters. The van der Waals surface area contributed by atoms with E-state index in [2.05, 4.69) is 132 Å². The normalized spacial score (nSPS) is 18.6. The van der Waals surface area contributed by atoms with Gasteiger partial charge in [0.15, 0.2) is 34.3 Å². The van der Waals surface area contributed by atoms with E-state index in [0.717, 1.165) is 247 Å². The number of nitrogens with zero attached hydrogens (tertiary/aromatic N) is 10. The first kappa shape index (κ1) is 91.1.